The van der Waals surface area contributed by atoms with Crippen molar-refractivity contribution < 1.29 is 19.2 Å². The van der Waals surface area contributed by atoms with Gasteiger partial charge < -0.3 is 16.4 Å². The molecule has 1 aliphatic carbocycles. The topological polar surface area (TPSA) is 118 Å². The summed E-state index contributed by atoms with van der Waals surface area (Å²) in [6, 6.07) is -1.45. The van der Waals surface area contributed by atoms with Crippen LogP contribution in [0.3, 0.4) is 0 Å². The van der Waals surface area contributed by atoms with Crippen molar-refractivity contribution in [1.29, 1.82) is 0 Å². The molecule has 0 unspecified atom stereocenters. The highest BCUT2D eigenvalue weighted by molar-refractivity contribution is 5.94. The highest BCUT2D eigenvalue weighted by Gasteiger charge is 2.35. The molecule has 2 rings (SSSR count). The molecule has 2 fully saturated rings. The molecular weight excluding hydrogens is 262 g/mol. The lowest BCUT2D eigenvalue weighted by Gasteiger charge is -2.28. The second kappa shape index (κ2) is 6.02. The normalized spacial score (nSPS) is 27.8. The van der Waals surface area contributed by atoms with Crippen LogP contribution in [0, 0.1) is 5.92 Å². The van der Waals surface area contributed by atoms with Gasteiger partial charge in [0, 0.05) is 19.3 Å². The minimum Gasteiger partial charge on any atom is -0.368 e. The lowest BCUT2D eigenvalue weighted by molar-refractivity contribution is -0.131. The Labute approximate surface area is 116 Å². The maximum atomic E-state index is 12.0. The molecule has 0 aromatic carbocycles. The van der Waals surface area contributed by atoms with Crippen LogP contribution in [0.4, 0.5) is 0 Å². The number of ketones is 1. The first-order chi connectivity index (χ1) is 9.47. The molecule has 0 radical (unpaired) electrons. The molecule has 0 spiro atoms. The molecule has 3 atom stereocenters. The lowest BCUT2D eigenvalue weighted by Crippen LogP contribution is -2.54. The Kier molecular flexibility index (Phi) is 4.36. The van der Waals surface area contributed by atoms with Crippen LogP contribution in [0.1, 0.15) is 38.5 Å². The Morgan fingerprint density at radius 2 is 2.00 bits per heavy atom. The summed E-state index contributed by atoms with van der Waals surface area (Å²) in [5.74, 6) is -1.36. The first-order valence-electron chi connectivity index (χ1n) is 6.88. The van der Waals surface area contributed by atoms with E-state index >= 15 is 0 Å². The third-order valence-electron chi connectivity index (χ3n) is 3.91. The molecule has 1 aliphatic heterocycles. The van der Waals surface area contributed by atoms with Crippen LogP contribution in [0.5, 0.6) is 0 Å². The SMILES string of the molecule is NC(=O)[C@H](NC(=O)[C@@H]1CCC(=O)N1)[C@@H]1CCCC(=O)C1. The monoisotopic (exact) mass is 281 g/mol. The van der Waals surface area contributed by atoms with Crippen LogP contribution < -0.4 is 16.4 Å². The van der Waals surface area contributed by atoms with Crippen LogP contribution >= 0.6 is 0 Å². The van der Waals surface area contributed by atoms with Gasteiger partial charge in [-0.1, -0.05) is 0 Å². The van der Waals surface area contributed by atoms with E-state index in [0.717, 1.165) is 0 Å². The van der Waals surface area contributed by atoms with Crippen LogP contribution in [0.2, 0.25) is 0 Å². The number of hydrogen-bond donors (Lipinski definition) is 3. The van der Waals surface area contributed by atoms with Gasteiger partial charge in [-0.2, -0.15) is 0 Å². The summed E-state index contributed by atoms with van der Waals surface area (Å²) in [6.07, 6.45) is 2.92. The lowest BCUT2D eigenvalue weighted by atomic mass is 9.82. The number of Topliss-reactive ketones (excluding diaryl/α,β-unsaturated/α-hetero) is 1. The summed E-state index contributed by atoms with van der Waals surface area (Å²) in [6.45, 7) is 0. The number of hydrogen-bond acceptors (Lipinski definition) is 4. The van der Waals surface area contributed by atoms with Gasteiger partial charge in [-0.05, 0) is 25.2 Å². The van der Waals surface area contributed by atoms with Crippen molar-refractivity contribution in [1.82, 2.24) is 10.6 Å². The second-order valence-electron chi connectivity index (χ2n) is 5.44. The number of carbonyl (C=O) groups is 4. The molecule has 7 nitrogen and oxygen atoms in total. The predicted molar refractivity (Wildman–Crippen MR) is 69.3 cm³/mol. The second-order valence-corrected chi connectivity index (χ2v) is 5.44. The molecule has 0 aromatic heterocycles. The molecule has 110 valence electrons. The molecule has 1 saturated carbocycles. The summed E-state index contributed by atoms with van der Waals surface area (Å²) in [5, 5.41) is 5.13. The van der Waals surface area contributed by atoms with Gasteiger partial charge in [-0.3, -0.25) is 19.2 Å². The van der Waals surface area contributed by atoms with Gasteiger partial charge >= 0.3 is 0 Å². The third-order valence-corrected chi connectivity index (χ3v) is 3.91. The van der Waals surface area contributed by atoms with E-state index in [-0.39, 0.29) is 24.0 Å². The largest absolute Gasteiger partial charge is 0.368 e. The van der Waals surface area contributed by atoms with E-state index in [1.54, 1.807) is 0 Å². The molecule has 1 heterocycles. The van der Waals surface area contributed by atoms with Crippen LogP contribution in [0.15, 0.2) is 0 Å². The van der Waals surface area contributed by atoms with Crippen LogP contribution in [-0.4, -0.2) is 35.6 Å². The summed E-state index contributed by atoms with van der Waals surface area (Å²) in [7, 11) is 0. The van der Waals surface area contributed by atoms with Crippen LogP contribution in [-0.2, 0) is 19.2 Å². The maximum absolute atomic E-state index is 12.0. The average Bonchev–Trinajstić information content (AvgIpc) is 2.82. The van der Waals surface area contributed by atoms with E-state index in [2.05, 4.69) is 10.6 Å². The maximum Gasteiger partial charge on any atom is 0.243 e. The van der Waals surface area contributed by atoms with Gasteiger partial charge in [0.15, 0.2) is 0 Å². The number of rotatable bonds is 4. The first-order valence-corrected chi connectivity index (χ1v) is 6.88. The zero-order valence-electron chi connectivity index (χ0n) is 11.2. The molecular formula is C13H19N3O4. The first kappa shape index (κ1) is 14.5. The van der Waals surface area contributed by atoms with Gasteiger partial charge in [0.05, 0.1) is 0 Å². The smallest absolute Gasteiger partial charge is 0.243 e. The van der Waals surface area contributed by atoms with Crippen molar-refractivity contribution in [3.8, 4) is 0 Å². The number of amides is 3. The van der Waals surface area contributed by atoms with Crippen molar-refractivity contribution in [3.05, 3.63) is 0 Å². The van der Waals surface area contributed by atoms with Gasteiger partial charge in [0.1, 0.15) is 17.9 Å². The predicted octanol–water partition coefficient (Wildman–Crippen LogP) is -1.01. The Morgan fingerprint density at radius 1 is 1.25 bits per heavy atom. The van der Waals surface area contributed by atoms with Crippen molar-refractivity contribution in [3.63, 3.8) is 0 Å². The quantitative estimate of drug-likeness (QED) is 0.612. The minimum atomic E-state index is -0.843. The summed E-state index contributed by atoms with van der Waals surface area (Å²) < 4.78 is 0. The van der Waals surface area contributed by atoms with E-state index < -0.39 is 23.9 Å². The van der Waals surface area contributed by atoms with Gasteiger partial charge in [-0.15, -0.1) is 0 Å². The molecule has 0 aromatic rings. The Hall–Kier alpha value is -1.92. The van der Waals surface area contributed by atoms with Crippen molar-refractivity contribution >= 4 is 23.5 Å². The molecule has 2 aliphatic rings. The fourth-order valence-corrected chi connectivity index (χ4v) is 2.83. The minimum absolute atomic E-state index is 0.0934. The summed E-state index contributed by atoms with van der Waals surface area (Å²) in [5.41, 5.74) is 5.33. The van der Waals surface area contributed by atoms with E-state index in [9.17, 15) is 19.2 Å². The number of nitrogens with two attached hydrogens (primary N) is 1. The fraction of sp³-hybridized carbons (Fsp3) is 0.692. The van der Waals surface area contributed by atoms with Crippen LogP contribution in [0.25, 0.3) is 0 Å². The number of carbonyl (C=O) groups excluding carboxylic acids is 4. The molecule has 4 N–H and O–H groups in total. The molecule has 1 saturated heterocycles. The van der Waals surface area contributed by atoms with Gasteiger partial charge in [0.2, 0.25) is 17.7 Å². The third kappa shape index (κ3) is 3.34. The van der Waals surface area contributed by atoms with Gasteiger partial charge in [-0.25, -0.2) is 0 Å². The van der Waals surface area contributed by atoms with E-state index in [1.807, 2.05) is 0 Å². The molecule has 20 heavy (non-hydrogen) atoms. The fourth-order valence-electron chi connectivity index (χ4n) is 2.83. The highest BCUT2D eigenvalue weighted by atomic mass is 16.2. The molecule has 3 amide bonds. The van der Waals surface area contributed by atoms with Gasteiger partial charge in [0.25, 0.3) is 0 Å². The van der Waals surface area contributed by atoms with E-state index in [4.69, 9.17) is 5.73 Å². The van der Waals surface area contributed by atoms with Crippen molar-refractivity contribution in [2.45, 2.75) is 50.6 Å². The number of nitrogens with one attached hydrogen (secondary N) is 2. The highest BCUT2D eigenvalue weighted by Crippen LogP contribution is 2.24. The summed E-state index contributed by atoms with van der Waals surface area (Å²) >= 11 is 0. The average molecular weight is 281 g/mol. The van der Waals surface area contributed by atoms with E-state index in [0.29, 0.717) is 32.1 Å². The molecule has 0 bridgehead atoms. The Balaban J connectivity index is 1.98. The zero-order chi connectivity index (χ0) is 14.7. The Bertz CT molecular complexity index is 449. The summed E-state index contributed by atoms with van der Waals surface area (Å²) in [4.78, 5) is 46.1. The Morgan fingerprint density at radius 3 is 2.55 bits per heavy atom. The molecule has 7 heteroatoms. The van der Waals surface area contributed by atoms with Crippen molar-refractivity contribution in [2.24, 2.45) is 11.7 Å². The zero-order valence-corrected chi connectivity index (χ0v) is 11.2. The van der Waals surface area contributed by atoms with E-state index in [1.165, 1.54) is 0 Å². The van der Waals surface area contributed by atoms with Crippen molar-refractivity contribution in [2.75, 3.05) is 0 Å². The standard InChI is InChI=1S/C13H19N3O4/c14-12(19)11(7-2-1-3-8(17)6-7)16-13(20)9-4-5-10(18)15-9/h7,9,11H,1-6H2,(H2,14,19)(H,15,18)(H,16,20)/t7-,9+,11-/m1/s1. The number of primary amides is 1.